The maximum Gasteiger partial charge on any atom is 0.170 e. The summed E-state index contributed by atoms with van der Waals surface area (Å²) in [5.41, 5.74) is 1.65. The lowest BCUT2D eigenvalue weighted by Gasteiger charge is -2.28. The van der Waals surface area contributed by atoms with Crippen LogP contribution in [0, 0.1) is 5.92 Å². The first-order valence-corrected chi connectivity index (χ1v) is 8.88. The average Bonchev–Trinajstić information content (AvgIpc) is 2.55. The van der Waals surface area contributed by atoms with Crippen molar-refractivity contribution in [1.82, 2.24) is 10.2 Å². The molecule has 1 saturated heterocycles. The first-order valence-electron chi connectivity index (χ1n) is 8.48. The molecule has 1 heterocycles. The number of ketones is 1. The largest absolute Gasteiger partial charge is 0.362 e. The van der Waals surface area contributed by atoms with Crippen LogP contribution in [0.3, 0.4) is 0 Å². The number of carbonyl (C=O) groups is 1. The van der Waals surface area contributed by atoms with Crippen LogP contribution >= 0.6 is 12.2 Å². The summed E-state index contributed by atoms with van der Waals surface area (Å²) in [6.07, 6.45) is 4.13. The number of nitrogens with zero attached hydrogens (tertiary/aromatic N) is 1. The van der Waals surface area contributed by atoms with Gasteiger partial charge in [-0.1, -0.05) is 25.5 Å². The maximum absolute atomic E-state index is 12.7. The van der Waals surface area contributed by atoms with E-state index in [1.807, 2.05) is 24.3 Å². The third kappa shape index (κ3) is 5.59. The molecule has 2 N–H and O–H groups in total. The Hall–Kier alpha value is -1.46. The molecule has 5 heteroatoms. The Morgan fingerprint density at radius 2 is 2.09 bits per heavy atom. The van der Waals surface area contributed by atoms with Gasteiger partial charge in [0.15, 0.2) is 10.9 Å². The molecule has 1 aliphatic rings. The van der Waals surface area contributed by atoms with Crippen LogP contribution in [0.1, 0.15) is 43.0 Å². The maximum atomic E-state index is 12.7. The van der Waals surface area contributed by atoms with Crippen molar-refractivity contribution in [3.63, 3.8) is 0 Å². The zero-order chi connectivity index (χ0) is 16.7. The lowest BCUT2D eigenvalue weighted by Crippen LogP contribution is -2.33. The Kier molecular flexibility index (Phi) is 6.99. The van der Waals surface area contributed by atoms with Crippen molar-refractivity contribution < 1.29 is 4.79 Å². The zero-order valence-corrected chi connectivity index (χ0v) is 14.9. The molecule has 0 amide bonds. The van der Waals surface area contributed by atoms with Gasteiger partial charge in [-0.25, -0.2) is 0 Å². The highest BCUT2D eigenvalue weighted by atomic mass is 32.1. The van der Waals surface area contributed by atoms with Crippen LogP contribution in [0.5, 0.6) is 0 Å². The summed E-state index contributed by atoms with van der Waals surface area (Å²) in [4.78, 5) is 14.9. The minimum Gasteiger partial charge on any atom is -0.362 e. The molecule has 0 bridgehead atoms. The number of benzene rings is 1. The predicted molar refractivity (Wildman–Crippen MR) is 100 cm³/mol. The number of likely N-dealkylation sites (tertiary alicyclic amines) is 1. The summed E-state index contributed by atoms with van der Waals surface area (Å²) in [7, 11) is 2.11. The van der Waals surface area contributed by atoms with Crippen molar-refractivity contribution in [2.75, 3.05) is 32.0 Å². The number of anilines is 1. The number of rotatable bonds is 6. The quantitative estimate of drug-likeness (QED) is 0.475. The normalized spacial score (nSPS) is 16.1. The van der Waals surface area contributed by atoms with Crippen molar-refractivity contribution in [2.24, 2.45) is 5.92 Å². The predicted octanol–water partition coefficient (Wildman–Crippen LogP) is 3.30. The molecule has 0 spiro atoms. The number of unbranched alkanes of at least 4 members (excludes halogenated alkanes) is 1. The van der Waals surface area contributed by atoms with Crippen molar-refractivity contribution in [3.05, 3.63) is 29.8 Å². The third-order valence-electron chi connectivity index (χ3n) is 4.31. The molecular weight excluding hydrogens is 306 g/mol. The van der Waals surface area contributed by atoms with Crippen molar-refractivity contribution in [3.8, 4) is 0 Å². The highest BCUT2D eigenvalue weighted by molar-refractivity contribution is 7.80. The Labute approximate surface area is 144 Å². The summed E-state index contributed by atoms with van der Waals surface area (Å²) in [6.45, 7) is 5.02. The Morgan fingerprint density at radius 3 is 2.78 bits per heavy atom. The van der Waals surface area contributed by atoms with Gasteiger partial charge in [0, 0.05) is 23.7 Å². The van der Waals surface area contributed by atoms with Gasteiger partial charge in [-0.05, 0) is 63.8 Å². The third-order valence-corrected chi connectivity index (χ3v) is 4.56. The van der Waals surface area contributed by atoms with Crippen LogP contribution in [-0.2, 0) is 0 Å². The fourth-order valence-electron chi connectivity index (χ4n) is 2.81. The first kappa shape index (κ1) is 17.9. The number of piperidine rings is 1. The molecule has 2 rings (SSSR count). The Morgan fingerprint density at radius 1 is 1.35 bits per heavy atom. The zero-order valence-electron chi connectivity index (χ0n) is 14.1. The minimum absolute atomic E-state index is 0.149. The van der Waals surface area contributed by atoms with Crippen LogP contribution in [0.25, 0.3) is 0 Å². The van der Waals surface area contributed by atoms with Crippen molar-refractivity contribution in [1.29, 1.82) is 0 Å². The van der Waals surface area contributed by atoms with E-state index in [4.69, 9.17) is 12.2 Å². The van der Waals surface area contributed by atoms with E-state index >= 15 is 0 Å². The van der Waals surface area contributed by atoms with E-state index in [1.165, 1.54) is 0 Å². The van der Waals surface area contributed by atoms with Gasteiger partial charge in [0.2, 0.25) is 0 Å². The fourth-order valence-corrected chi connectivity index (χ4v) is 3.03. The summed E-state index contributed by atoms with van der Waals surface area (Å²) in [5.74, 6) is 0.405. The number of carbonyl (C=O) groups excluding carboxylic acids is 1. The van der Waals surface area contributed by atoms with Crippen LogP contribution < -0.4 is 10.6 Å². The Bertz CT molecular complexity index is 539. The molecular formula is C18H27N3OS. The first-order chi connectivity index (χ1) is 11.1. The molecule has 23 heavy (non-hydrogen) atoms. The van der Waals surface area contributed by atoms with Gasteiger partial charge in [0.25, 0.3) is 0 Å². The van der Waals surface area contributed by atoms with E-state index < -0.39 is 0 Å². The molecule has 0 aliphatic carbocycles. The number of thiocarbonyl (C=S) groups is 1. The van der Waals surface area contributed by atoms with E-state index in [-0.39, 0.29) is 11.7 Å². The van der Waals surface area contributed by atoms with Crippen LogP contribution in [0.2, 0.25) is 0 Å². The van der Waals surface area contributed by atoms with E-state index in [0.717, 1.165) is 56.6 Å². The molecule has 4 nitrogen and oxygen atoms in total. The SMILES string of the molecule is CCCCNC(=S)Nc1cccc(C(=O)C2CCN(C)CC2)c1. The van der Waals surface area contributed by atoms with Gasteiger partial charge in [0.05, 0.1) is 0 Å². The average molecular weight is 334 g/mol. The summed E-state index contributed by atoms with van der Waals surface area (Å²) in [5, 5.41) is 6.96. The highest BCUT2D eigenvalue weighted by Gasteiger charge is 2.24. The lowest BCUT2D eigenvalue weighted by atomic mass is 9.89. The van der Waals surface area contributed by atoms with E-state index in [9.17, 15) is 4.79 Å². The lowest BCUT2D eigenvalue weighted by molar-refractivity contribution is 0.0857. The highest BCUT2D eigenvalue weighted by Crippen LogP contribution is 2.22. The minimum atomic E-state index is 0.149. The van der Waals surface area contributed by atoms with Crippen LogP contribution in [0.15, 0.2) is 24.3 Å². The molecule has 1 fully saturated rings. The molecule has 1 aromatic rings. The van der Waals surface area contributed by atoms with Gasteiger partial charge < -0.3 is 15.5 Å². The van der Waals surface area contributed by atoms with Gasteiger partial charge in [-0.3, -0.25) is 4.79 Å². The molecule has 0 atom stereocenters. The topological polar surface area (TPSA) is 44.4 Å². The summed E-state index contributed by atoms with van der Waals surface area (Å²) < 4.78 is 0. The smallest absolute Gasteiger partial charge is 0.170 e. The van der Waals surface area contributed by atoms with E-state index in [0.29, 0.717) is 5.11 Å². The number of nitrogens with one attached hydrogen (secondary N) is 2. The second kappa shape index (κ2) is 8.99. The fraction of sp³-hybridized carbons (Fsp3) is 0.556. The molecule has 1 aliphatic heterocycles. The number of Topliss-reactive ketones (excluding diaryl/α,β-unsaturated/α-hetero) is 1. The van der Waals surface area contributed by atoms with Gasteiger partial charge in [-0.2, -0.15) is 0 Å². The van der Waals surface area contributed by atoms with Gasteiger partial charge >= 0.3 is 0 Å². The Balaban J connectivity index is 1.93. The monoisotopic (exact) mass is 333 g/mol. The van der Waals surface area contributed by atoms with Gasteiger partial charge in [0.1, 0.15) is 0 Å². The van der Waals surface area contributed by atoms with Crippen molar-refractivity contribution in [2.45, 2.75) is 32.6 Å². The molecule has 0 aromatic heterocycles. The standard InChI is InChI=1S/C18H27N3OS/c1-3-4-10-19-18(23)20-16-7-5-6-15(13-16)17(22)14-8-11-21(2)12-9-14/h5-7,13-14H,3-4,8-12H2,1-2H3,(H2,19,20,23). The molecule has 0 saturated carbocycles. The van der Waals surface area contributed by atoms with Crippen molar-refractivity contribution >= 4 is 28.8 Å². The van der Waals surface area contributed by atoms with E-state index in [1.54, 1.807) is 0 Å². The molecule has 1 aromatic carbocycles. The number of hydrogen-bond acceptors (Lipinski definition) is 3. The summed E-state index contributed by atoms with van der Waals surface area (Å²) >= 11 is 5.28. The summed E-state index contributed by atoms with van der Waals surface area (Å²) in [6, 6.07) is 7.67. The van der Waals surface area contributed by atoms with Crippen LogP contribution in [-0.4, -0.2) is 42.5 Å². The second-order valence-electron chi connectivity index (χ2n) is 6.26. The van der Waals surface area contributed by atoms with E-state index in [2.05, 4.69) is 29.5 Å². The molecule has 126 valence electrons. The van der Waals surface area contributed by atoms with Gasteiger partial charge in [-0.15, -0.1) is 0 Å². The molecule has 0 unspecified atom stereocenters. The number of hydrogen-bond donors (Lipinski definition) is 2. The molecule has 0 radical (unpaired) electrons. The second-order valence-corrected chi connectivity index (χ2v) is 6.67. The van der Waals surface area contributed by atoms with Crippen LogP contribution in [0.4, 0.5) is 5.69 Å².